The highest BCUT2D eigenvalue weighted by Crippen LogP contribution is 2.13. The zero-order chi connectivity index (χ0) is 16.6. The van der Waals surface area contributed by atoms with E-state index in [-0.39, 0.29) is 12.2 Å². The van der Waals surface area contributed by atoms with Gasteiger partial charge in [0.25, 0.3) is 5.91 Å². The van der Waals surface area contributed by atoms with Crippen molar-refractivity contribution in [3.63, 3.8) is 0 Å². The summed E-state index contributed by atoms with van der Waals surface area (Å²) in [6, 6.07) is 13.1. The monoisotopic (exact) mass is 328 g/mol. The number of nitrogens with zero attached hydrogens (tertiary/aromatic N) is 1. The normalized spacial score (nSPS) is 17.2. The number of benzene rings is 1. The van der Waals surface area contributed by atoms with Gasteiger partial charge < -0.3 is 9.47 Å². The van der Waals surface area contributed by atoms with Crippen molar-refractivity contribution in [1.29, 1.82) is 0 Å². The number of nitrogens with one attached hydrogen (secondary N) is 1. The van der Waals surface area contributed by atoms with E-state index in [0.29, 0.717) is 24.7 Å². The average molecular weight is 328 g/mol. The molecule has 2 aromatic rings. The van der Waals surface area contributed by atoms with Gasteiger partial charge in [-0.1, -0.05) is 30.3 Å². The Hall–Kier alpha value is -2.44. The summed E-state index contributed by atoms with van der Waals surface area (Å²) < 4.78 is 11.0. The molecule has 1 aromatic heterocycles. The molecule has 1 aromatic carbocycles. The quantitative estimate of drug-likeness (QED) is 0.826. The van der Waals surface area contributed by atoms with Gasteiger partial charge >= 0.3 is 0 Å². The molecule has 1 fully saturated rings. The second kappa shape index (κ2) is 8.42. The van der Waals surface area contributed by atoms with E-state index in [1.54, 1.807) is 12.1 Å². The fourth-order valence-electron chi connectivity index (χ4n) is 2.31. The fraction of sp³-hybridized carbons (Fsp3) is 0.333. The lowest BCUT2D eigenvalue weighted by Crippen LogP contribution is -2.33. The zero-order valence-electron chi connectivity index (χ0n) is 13.3. The van der Waals surface area contributed by atoms with Crippen molar-refractivity contribution in [2.45, 2.75) is 32.2 Å². The summed E-state index contributed by atoms with van der Waals surface area (Å²) in [6.07, 6.45) is 3.94. The lowest BCUT2D eigenvalue weighted by Gasteiger charge is -2.22. The molecule has 1 amide bonds. The van der Waals surface area contributed by atoms with Crippen molar-refractivity contribution in [2.75, 3.05) is 6.61 Å². The SMILES string of the molecule is O=C(NO[C@@H]1CCCCO1)c1ccc(OCc2ccccc2)nc1. The number of hydrogen-bond acceptors (Lipinski definition) is 5. The fourth-order valence-corrected chi connectivity index (χ4v) is 2.31. The van der Waals surface area contributed by atoms with Gasteiger partial charge in [0.1, 0.15) is 6.61 Å². The summed E-state index contributed by atoms with van der Waals surface area (Å²) in [5.74, 6) is 0.109. The van der Waals surface area contributed by atoms with Gasteiger partial charge in [-0.25, -0.2) is 15.3 Å². The van der Waals surface area contributed by atoms with E-state index >= 15 is 0 Å². The molecule has 1 N–H and O–H groups in total. The van der Waals surface area contributed by atoms with Gasteiger partial charge in [-0.05, 0) is 24.5 Å². The smallest absolute Gasteiger partial charge is 0.276 e. The maximum atomic E-state index is 12.0. The lowest BCUT2D eigenvalue weighted by atomic mass is 10.2. The summed E-state index contributed by atoms with van der Waals surface area (Å²) in [5, 5.41) is 0. The van der Waals surface area contributed by atoms with Gasteiger partial charge in [0.05, 0.1) is 5.56 Å². The van der Waals surface area contributed by atoms with E-state index in [0.717, 1.165) is 24.8 Å². The molecule has 24 heavy (non-hydrogen) atoms. The third-order valence-corrected chi connectivity index (χ3v) is 3.65. The first kappa shape index (κ1) is 16.4. The highest BCUT2D eigenvalue weighted by Gasteiger charge is 2.16. The number of ether oxygens (including phenoxy) is 2. The van der Waals surface area contributed by atoms with Gasteiger partial charge in [-0.3, -0.25) is 4.79 Å². The van der Waals surface area contributed by atoms with Crippen LogP contribution in [-0.4, -0.2) is 23.8 Å². The Kier molecular flexibility index (Phi) is 5.76. The van der Waals surface area contributed by atoms with Crippen LogP contribution in [0.4, 0.5) is 0 Å². The summed E-state index contributed by atoms with van der Waals surface area (Å²) in [6.45, 7) is 1.09. The van der Waals surface area contributed by atoms with Crippen molar-refractivity contribution in [3.8, 4) is 5.88 Å². The van der Waals surface area contributed by atoms with Crippen LogP contribution in [0, 0.1) is 0 Å². The van der Waals surface area contributed by atoms with Gasteiger partial charge in [0, 0.05) is 25.3 Å². The summed E-state index contributed by atoms with van der Waals surface area (Å²) in [4.78, 5) is 21.4. The van der Waals surface area contributed by atoms with Gasteiger partial charge in [0.2, 0.25) is 5.88 Å². The molecule has 1 aliphatic rings. The number of rotatable bonds is 6. The number of amides is 1. The zero-order valence-corrected chi connectivity index (χ0v) is 13.3. The van der Waals surface area contributed by atoms with Crippen LogP contribution < -0.4 is 10.2 Å². The van der Waals surface area contributed by atoms with Crippen molar-refractivity contribution >= 4 is 5.91 Å². The van der Waals surface area contributed by atoms with E-state index in [1.165, 1.54) is 6.20 Å². The number of carbonyl (C=O) groups excluding carboxylic acids is 1. The van der Waals surface area contributed by atoms with Crippen LogP contribution in [0.15, 0.2) is 48.7 Å². The highest BCUT2D eigenvalue weighted by atomic mass is 16.8. The molecule has 6 heteroatoms. The first-order valence-corrected chi connectivity index (χ1v) is 8.01. The Morgan fingerprint density at radius 1 is 1.21 bits per heavy atom. The molecule has 0 saturated carbocycles. The summed E-state index contributed by atoms with van der Waals surface area (Å²) in [5.41, 5.74) is 3.86. The van der Waals surface area contributed by atoms with Crippen LogP contribution in [0.2, 0.25) is 0 Å². The molecule has 0 bridgehead atoms. The van der Waals surface area contributed by atoms with Gasteiger partial charge in [-0.15, -0.1) is 0 Å². The van der Waals surface area contributed by atoms with Crippen molar-refractivity contribution in [3.05, 3.63) is 59.8 Å². The third kappa shape index (κ3) is 4.78. The van der Waals surface area contributed by atoms with E-state index in [9.17, 15) is 4.79 Å². The van der Waals surface area contributed by atoms with Crippen molar-refractivity contribution < 1.29 is 19.1 Å². The topological polar surface area (TPSA) is 69.7 Å². The Morgan fingerprint density at radius 3 is 2.79 bits per heavy atom. The molecule has 1 saturated heterocycles. The van der Waals surface area contributed by atoms with Crippen LogP contribution in [0.5, 0.6) is 5.88 Å². The molecule has 3 rings (SSSR count). The molecule has 0 radical (unpaired) electrons. The molecule has 0 aliphatic carbocycles. The van der Waals surface area contributed by atoms with E-state index in [2.05, 4.69) is 10.5 Å². The lowest BCUT2D eigenvalue weighted by molar-refractivity contribution is -0.186. The van der Waals surface area contributed by atoms with E-state index in [4.69, 9.17) is 14.3 Å². The van der Waals surface area contributed by atoms with Crippen LogP contribution in [0.1, 0.15) is 35.2 Å². The number of aromatic nitrogens is 1. The number of hydroxylamine groups is 1. The minimum Gasteiger partial charge on any atom is -0.473 e. The minimum absolute atomic E-state index is 0.355. The van der Waals surface area contributed by atoms with Gasteiger partial charge in [0.15, 0.2) is 6.29 Å². The number of carbonyl (C=O) groups is 1. The van der Waals surface area contributed by atoms with Gasteiger partial charge in [-0.2, -0.15) is 0 Å². The van der Waals surface area contributed by atoms with Crippen molar-refractivity contribution in [2.24, 2.45) is 0 Å². The second-order valence-corrected chi connectivity index (χ2v) is 5.50. The predicted octanol–water partition coefficient (Wildman–Crippen LogP) is 2.85. The maximum absolute atomic E-state index is 12.0. The van der Waals surface area contributed by atoms with Crippen molar-refractivity contribution in [1.82, 2.24) is 10.5 Å². The summed E-state index contributed by atoms with van der Waals surface area (Å²) in [7, 11) is 0. The third-order valence-electron chi connectivity index (χ3n) is 3.65. The molecular formula is C18H20N2O4. The molecule has 0 spiro atoms. The first-order chi connectivity index (χ1) is 11.8. The Labute approximate surface area is 140 Å². The largest absolute Gasteiger partial charge is 0.473 e. The van der Waals surface area contributed by atoms with Crippen LogP contribution in [0.25, 0.3) is 0 Å². The average Bonchev–Trinajstić information content (AvgIpc) is 2.66. The Morgan fingerprint density at radius 2 is 2.08 bits per heavy atom. The van der Waals surface area contributed by atoms with Crippen LogP contribution in [-0.2, 0) is 16.2 Å². The molecule has 126 valence electrons. The molecule has 1 aliphatic heterocycles. The number of pyridine rings is 1. The number of hydrogen-bond donors (Lipinski definition) is 1. The Bertz CT molecular complexity index is 640. The molecule has 1 atom stereocenters. The summed E-state index contributed by atoms with van der Waals surface area (Å²) >= 11 is 0. The predicted molar refractivity (Wildman–Crippen MR) is 87.2 cm³/mol. The van der Waals surface area contributed by atoms with E-state index in [1.807, 2.05) is 30.3 Å². The molecule has 0 unspecified atom stereocenters. The molecule has 2 heterocycles. The first-order valence-electron chi connectivity index (χ1n) is 8.01. The highest BCUT2D eigenvalue weighted by molar-refractivity contribution is 5.93. The van der Waals surface area contributed by atoms with Crippen LogP contribution in [0.3, 0.4) is 0 Å². The minimum atomic E-state index is -0.371. The molecule has 6 nitrogen and oxygen atoms in total. The Balaban J connectivity index is 1.47. The second-order valence-electron chi connectivity index (χ2n) is 5.50. The maximum Gasteiger partial charge on any atom is 0.276 e. The standard InChI is InChI=1S/C18H20N2O4/c21-18(20-24-17-8-4-5-11-22-17)15-9-10-16(19-12-15)23-13-14-6-2-1-3-7-14/h1-3,6-7,9-10,12,17H,4-5,8,11,13H2,(H,20,21)/t17-/m1/s1. The van der Waals surface area contributed by atoms with E-state index < -0.39 is 0 Å². The van der Waals surface area contributed by atoms with Crippen LogP contribution >= 0.6 is 0 Å². The molecular weight excluding hydrogens is 308 g/mol.